The number of aromatic nitrogens is 3. The van der Waals surface area contributed by atoms with E-state index in [1.165, 1.54) is 0 Å². The lowest BCUT2D eigenvalue weighted by molar-refractivity contribution is 0.0683. The zero-order chi connectivity index (χ0) is 6.85. The van der Waals surface area contributed by atoms with Crippen LogP contribution in [0, 0.1) is 0 Å². The molecule has 0 fully saturated rings. The highest BCUT2D eigenvalue weighted by molar-refractivity contribution is 9.08. The van der Waals surface area contributed by atoms with Gasteiger partial charge in [-0.05, 0) is 0 Å². The fraction of sp³-hybridized carbons (Fsp3) is 0. The van der Waals surface area contributed by atoms with Crippen molar-refractivity contribution in [1.82, 2.24) is 13.8 Å². The molecule has 0 bridgehead atoms. The van der Waals surface area contributed by atoms with Gasteiger partial charge in [0.25, 0.3) is 0 Å². The summed E-state index contributed by atoms with van der Waals surface area (Å²) in [5.74, 6) is -1.24. The van der Waals surface area contributed by atoms with Crippen molar-refractivity contribution in [1.29, 1.82) is 0 Å². The molecule has 6 heteroatoms. The fourth-order valence-electron chi connectivity index (χ4n) is 0.362. The summed E-state index contributed by atoms with van der Waals surface area (Å²) in [6.45, 7) is 0. The summed E-state index contributed by atoms with van der Waals surface area (Å²) < 4.78 is 1.01. The van der Waals surface area contributed by atoms with Gasteiger partial charge in [0.2, 0.25) is 5.82 Å². The Kier molecular flexibility index (Phi) is 1.48. The molecule has 1 rings (SSSR count). The second kappa shape index (κ2) is 2.14. The Hall–Kier alpha value is -0.910. The molecule has 1 aromatic heterocycles. The van der Waals surface area contributed by atoms with Crippen LogP contribution in [0.25, 0.3) is 0 Å². The number of rotatable bonds is 1. The van der Waals surface area contributed by atoms with Gasteiger partial charge in [-0.2, -0.15) is 3.71 Å². The van der Waals surface area contributed by atoms with E-state index in [2.05, 4.69) is 26.2 Å². The van der Waals surface area contributed by atoms with E-state index in [9.17, 15) is 4.79 Å². The monoisotopic (exact) mass is 191 g/mol. The lowest BCUT2D eigenvalue weighted by atomic mass is 10.7. The molecule has 0 aromatic carbocycles. The second-order valence-electron chi connectivity index (χ2n) is 1.25. The van der Waals surface area contributed by atoms with Crippen molar-refractivity contribution in [2.75, 3.05) is 0 Å². The summed E-state index contributed by atoms with van der Waals surface area (Å²) in [4.78, 5) is 13.6. The van der Waals surface area contributed by atoms with E-state index in [1.54, 1.807) is 0 Å². The van der Waals surface area contributed by atoms with Crippen molar-refractivity contribution in [3.8, 4) is 0 Å². The molecule has 9 heavy (non-hydrogen) atoms. The van der Waals surface area contributed by atoms with E-state index in [0.29, 0.717) is 0 Å². The van der Waals surface area contributed by atoms with Crippen molar-refractivity contribution in [3.05, 3.63) is 12.2 Å². The number of carboxylic acid groups (broad SMARTS) is 1. The average Bonchev–Trinajstić information content (AvgIpc) is 2.13. The molecule has 48 valence electrons. The van der Waals surface area contributed by atoms with Crippen LogP contribution in [0.1, 0.15) is 10.6 Å². The summed E-state index contributed by atoms with van der Waals surface area (Å²) in [5.41, 5.74) is 0. The Bertz CT molecular complexity index is 233. The highest BCUT2D eigenvalue weighted by atomic mass is 79.9. The molecule has 0 aliphatic rings. The van der Waals surface area contributed by atoms with E-state index in [0.717, 1.165) is 10.0 Å². The van der Waals surface area contributed by atoms with E-state index in [1.807, 2.05) is 0 Å². The Morgan fingerprint density at radius 1 is 1.89 bits per heavy atom. The van der Waals surface area contributed by atoms with Gasteiger partial charge in [-0.1, -0.05) is 0 Å². The van der Waals surface area contributed by atoms with Crippen molar-refractivity contribution < 1.29 is 9.90 Å². The van der Waals surface area contributed by atoms with Gasteiger partial charge < -0.3 is 5.11 Å². The topological polar surface area (TPSA) is 68.0 Å². The maximum absolute atomic E-state index is 10.1. The smallest absolute Gasteiger partial charge is 0.374 e. The zero-order valence-corrected chi connectivity index (χ0v) is 5.74. The van der Waals surface area contributed by atoms with Crippen molar-refractivity contribution in [3.63, 3.8) is 0 Å². The quantitative estimate of drug-likeness (QED) is 0.686. The molecule has 0 unspecified atom stereocenters. The first kappa shape index (κ1) is 6.21. The van der Waals surface area contributed by atoms with E-state index >= 15 is 0 Å². The lowest BCUT2D eigenvalue weighted by Crippen LogP contribution is -2.02. The third-order valence-electron chi connectivity index (χ3n) is 0.699. The van der Waals surface area contributed by atoms with Gasteiger partial charge in [0.1, 0.15) is 6.33 Å². The largest absolute Gasteiger partial charge is 0.475 e. The summed E-state index contributed by atoms with van der Waals surface area (Å²) in [7, 11) is 0. The van der Waals surface area contributed by atoms with E-state index < -0.39 is 5.97 Å². The summed E-state index contributed by atoms with van der Waals surface area (Å²) in [5, 5.41) is 11.8. The lowest BCUT2D eigenvalue weighted by Gasteiger charge is -1.85. The maximum Gasteiger partial charge on any atom is 0.374 e. The molecule has 0 saturated carbocycles. The Labute approximate surface area is 58.7 Å². The van der Waals surface area contributed by atoms with Gasteiger partial charge in [-0.25, -0.2) is 9.78 Å². The van der Waals surface area contributed by atoms with E-state index in [4.69, 9.17) is 5.11 Å². The van der Waals surface area contributed by atoms with Crippen LogP contribution < -0.4 is 0 Å². The summed E-state index contributed by atoms with van der Waals surface area (Å²) >= 11 is 2.83. The highest BCUT2D eigenvalue weighted by Gasteiger charge is 2.08. The maximum atomic E-state index is 10.1. The molecule has 0 aliphatic carbocycles. The van der Waals surface area contributed by atoms with Gasteiger partial charge in [0.05, 0.1) is 16.1 Å². The number of nitrogens with zero attached hydrogens (tertiary/aromatic N) is 3. The Morgan fingerprint density at radius 2 is 2.56 bits per heavy atom. The Balaban J connectivity index is 3.08. The van der Waals surface area contributed by atoms with Crippen LogP contribution in [0.15, 0.2) is 6.33 Å². The average molecular weight is 192 g/mol. The Morgan fingerprint density at radius 3 is 2.78 bits per heavy atom. The molecule has 0 saturated heterocycles. The normalized spacial score (nSPS) is 9.44. The van der Waals surface area contributed by atoms with Crippen molar-refractivity contribution >= 4 is 22.1 Å². The van der Waals surface area contributed by atoms with Crippen LogP contribution in [0.4, 0.5) is 0 Å². The van der Waals surface area contributed by atoms with Gasteiger partial charge in [0, 0.05) is 0 Å². The van der Waals surface area contributed by atoms with Crippen LogP contribution in [-0.2, 0) is 0 Å². The predicted octanol–water partition coefficient (Wildman–Crippen LogP) is 0.134. The van der Waals surface area contributed by atoms with Crippen LogP contribution in [0.2, 0.25) is 0 Å². The van der Waals surface area contributed by atoms with Crippen LogP contribution in [0.5, 0.6) is 0 Å². The van der Waals surface area contributed by atoms with Crippen LogP contribution >= 0.6 is 16.1 Å². The van der Waals surface area contributed by atoms with Gasteiger partial charge in [-0.3, -0.25) is 0 Å². The van der Waals surface area contributed by atoms with Crippen molar-refractivity contribution in [2.45, 2.75) is 0 Å². The summed E-state index contributed by atoms with van der Waals surface area (Å²) in [6, 6.07) is 0. The predicted molar refractivity (Wildman–Crippen MR) is 31.3 cm³/mol. The van der Waals surface area contributed by atoms with Crippen LogP contribution in [0.3, 0.4) is 0 Å². The molecule has 5 nitrogen and oxygen atoms in total. The van der Waals surface area contributed by atoms with Gasteiger partial charge in [-0.15, -0.1) is 5.10 Å². The molecule has 0 spiro atoms. The standard InChI is InChI=1S/C3H2BrN3O2/c4-7-2(3(8)9)5-1-6-7/h1H,(H,8,9). The minimum absolute atomic E-state index is 0.130. The molecular weight excluding hydrogens is 190 g/mol. The number of carboxylic acids is 1. The third kappa shape index (κ3) is 1.07. The van der Waals surface area contributed by atoms with Crippen LogP contribution in [-0.4, -0.2) is 24.9 Å². The first-order chi connectivity index (χ1) is 4.22. The van der Waals surface area contributed by atoms with Crippen molar-refractivity contribution in [2.24, 2.45) is 0 Å². The molecule has 0 atom stereocenters. The molecule has 1 heterocycles. The fourth-order valence-corrected chi connectivity index (χ4v) is 0.687. The molecule has 0 radical (unpaired) electrons. The first-order valence-corrected chi connectivity index (χ1v) is 2.72. The second-order valence-corrected chi connectivity index (χ2v) is 1.92. The number of halogens is 1. The number of carbonyl (C=O) groups is 1. The molecule has 0 amide bonds. The molecule has 0 aliphatic heterocycles. The SMILES string of the molecule is O=C(O)c1ncnn1Br. The number of hydrogen-bond donors (Lipinski definition) is 1. The minimum atomic E-state index is -1.11. The minimum Gasteiger partial charge on any atom is -0.475 e. The number of aromatic carboxylic acids is 1. The molecule has 1 aromatic rings. The van der Waals surface area contributed by atoms with Gasteiger partial charge >= 0.3 is 5.97 Å². The van der Waals surface area contributed by atoms with E-state index in [-0.39, 0.29) is 5.82 Å². The van der Waals surface area contributed by atoms with Gasteiger partial charge in [0.15, 0.2) is 0 Å². The molecular formula is C3H2BrN3O2. The third-order valence-corrected chi connectivity index (χ3v) is 1.22. The zero-order valence-electron chi connectivity index (χ0n) is 4.15. The molecule has 1 N–H and O–H groups in total. The first-order valence-electron chi connectivity index (χ1n) is 2.01. The highest BCUT2D eigenvalue weighted by Crippen LogP contribution is 1.95. The number of hydrogen-bond acceptors (Lipinski definition) is 3. The summed E-state index contributed by atoms with van der Waals surface area (Å²) in [6.07, 6.45) is 1.15.